The first kappa shape index (κ1) is 19.9. The number of benzene rings is 2. The van der Waals surface area contributed by atoms with Crippen LogP contribution in [0.15, 0.2) is 42.6 Å². The molecule has 1 heterocycles. The van der Waals surface area contributed by atoms with Crippen molar-refractivity contribution in [2.24, 2.45) is 7.05 Å². The van der Waals surface area contributed by atoms with Crippen molar-refractivity contribution in [2.45, 2.75) is 6.92 Å². The van der Waals surface area contributed by atoms with E-state index in [2.05, 4.69) is 5.32 Å². The molecule has 0 atom stereocenters. The maximum atomic E-state index is 12.4. The van der Waals surface area contributed by atoms with E-state index >= 15 is 0 Å². The van der Waals surface area contributed by atoms with Crippen molar-refractivity contribution in [1.29, 1.82) is 0 Å². The number of methoxy groups -OCH3 is 1. The SMILES string of the molecule is COc1cc(NC(=O)COC(=O)c2cn(C)c3ccccc23)c(C)cc1[N+](=O)[O-]. The van der Waals surface area contributed by atoms with Crippen LogP contribution in [-0.4, -0.2) is 35.1 Å². The number of carbonyl (C=O) groups excluding carboxylic acids is 2. The fraction of sp³-hybridized carbons (Fsp3) is 0.200. The van der Waals surface area contributed by atoms with Crippen molar-refractivity contribution in [1.82, 2.24) is 4.57 Å². The van der Waals surface area contributed by atoms with Crippen molar-refractivity contribution in [3.05, 3.63) is 63.8 Å². The number of fused-ring (bicyclic) bond motifs is 1. The summed E-state index contributed by atoms with van der Waals surface area (Å²) in [7, 11) is 3.12. The van der Waals surface area contributed by atoms with Crippen molar-refractivity contribution >= 4 is 34.2 Å². The molecule has 0 radical (unpaired) electrons. The fourth-order valence-electron chi connectivity index (χ4n) is 3.01. The van der Waals surface area contributed by atoms with Gasteiger partial charge in [-0.1, -0.05) is 18.2 Å². The summed E-state index contributed by atoms with van der Waals surface area (Å²) in [5.74, 6) is -1.17. The number of nitrogens with one attached hydrogen (secondary N) is 1. The van der Waals surface area contributed by atoms with E-state index in [4.69, 9.17) is 9.47 Å². The average molecular weight is 397 g/mol. The van der Waals surface area contributed by atoms with Gasteiger partial charge in [0.1, 0.15) is 0 Å². The smallest absolute Gasteiger partial charge is 0.340 e. The number of rotatable bonds is 6. The Hall–Kier alpha value is -3.88. The van der Waals surface area contributed by atoms with Gasteiger partial charge in [0.25, 0.3) is 5.91 Å². The largest absolute Gasteiger partial charge is 0.490 e. The zero-order valence-corrected chi connectivity index (χ0v) is 16.1. The van der Waals surface area contributed by atoms with Crippen LogP contribution in [-0.2, 0) is 16.6 Å². The predicted molar refractivity (Wildman–Crippen MR) is 106 cm³/mol. The van der Waals surface area contributed by atoms with Crippen LogP contribution in [0.3, 0.4) is 0 Å². The van der Waals surface area contributed by atoms with Gasteiger partial charge in [0.2, 0.25) is 0 Å². The first-order valence-electron chi connectivity index (χ1n) is 8.66. The molecule has 0 unspecified atom stereocenters. The van der Waals surface area contributed by atoms with Crippen LogP contribution in [0, 0.1) is 17.0 Å². The van der Waals surface area contributed by atoms with Gasteiger partial charge in [-0.3, -0.25) is 14.9 Å². The van der Waals surface area contributed by atoms with Gasteiger partial charge in [0.15, 0.2) is 12.4 Å². The van der Waals surface area contributed by atoms with E-state index in [1.807, 2.05) is 25.2 Å². The molecule has 1 N–H and O–H groups in total. The highest BCUT2D eigenvalue weighted by molar-refractivity contribution is 6.05. The van der Waals surface area contributed by atoms with Gasteiger partial charge in [-0.05, 0) is 18.6 Å². The number of nitrogens with zero attached hydrogens (tertiary/aromatic N) is 2. The number of carbonyl (C=O) groups is 2. The molecule has 9 nitrogen and oxygen atoms in total. The second-order valence-electron chi connectivity index (χ2n) is 6.39. The van der Waals surface area contributed by atoms with Gasteiger partial charge in [0, 0.05) is 42.0 Å². The number of aryl methyl sites for hydroxylation is 2. The Morgan fingerprint density at radius 3 is 2.66 bits per heavy atom. The first-order chi connectivity index (χ1) is 13.8. The highest BCUT2D eigenvalue weighted by Crippen LogP contribution is 2.32. The molecule has 0 aliphatic carbocycles. The molecule has 29 heavy (non-hydrogen) atoms. The maximum Gasteiger partial charge on any atom is 0.340 e. The summed E-state index contributed by atoms with van der Waals surface area (Å²) in [6.07, 6.45) is 1.65. The Bertz CT molecular complexity index is 1120. The highest BCUT2D eigenvalue weighted by Gasteiger charge is 2.20. The van der Waals surface area contributed by atoms with Crippen molar-refractivity contribution in [2.75, 3.05) is 19.0 Å². The Balaban J connectivity index is 1.70. The summed E-state index contributed by atoms with van der Waals surface area (Å²) in [5, 5.41) is 14.4. The number of esters is 1. The number of ether oxygens (including phenoxy) is 2. The fourth-order valence-corrected chi connectivity index (χ4v) is 3.01. The van der Waals surface area contributed by atoms with Crippen molar-refractivity contribution in [3.63, 3.8) is 0 Å². The lowest BCUT2D eigenvalue weighted by Gasteiger charge is -2.11. The third-order valence-corrected chi connectivity index (χ3v) is 4.45. The maximum absolute atomic E-state index is 12.4. The third-order valence-electron chi connectivity index (χ3n) is 4.45. The van der Waals surface area contributed by atoms with E-state index in [1.165, 1.54) is 19.2 Å². The van der Waals surface area contributed by atoms with Gasteiger partial charge in [-0.2, -0.15) is 0 Å². The Morgan fingerprint density at radius 2 is 1.97 bits per heavy atom. The molecule has 150 valence electrons. The van der Waals surface area contributed by atoms with Gasteiger partial charge < -0.3 is 19.4 Å². The van der Waals surface area contributed by atoms with Gasteiger partial charge in [-0.25, -0.2) is 4.79 Å². The van der Waals surface area contributed by atoms with Crippen molar-refractivity contribution in [3.8, 4) is 5.75 Å². The number of hydrogen-bond acceptors (Lipinski definition) is 6. The molecule has 2 aromatic carbocycles. The summed E-state index contributed by atoms with van der Waals surface area (Å²) >= 11 is 0. The van der Waals surface area contributed by atoms with E-state index in [-0.39, 0.29) is 11.4 Å². The van der Waals surface area contributed by atoms with E-state index in [9.17, 15) is 19.7 Å². The number of anilines is 1. The zero-order chi connectivity index (χ0) is 21.1. The molecule has 3 aromatic rings. The molecule has 0 aliphatic rings. The summed E-state index contributed by atoms with van der Waals surface area (Å²) in [6.45, 7) is 1.12. The Labute approximate surface area is 166 Å². The number of nitro benzene ring substituents is 1. The minimum atomic E-state index is -0.616. The van der Waals surface area contributed by atoms with Gasteiger partial charge in [-0.15, -0.1) is 0 Å². The van der Waals surface area contributed by atoms with Crippen molar-refractivity contribution < 1.29 is 24.0 Å². The van der Waals surface area contributed by atoms with Crippen LogP contribution in [0.2, 0.25) is 0 Å². The first-order valence-corrected chi connectivity index (χ1v) is 8.66. The average Bonchev–Trinajstić information content (AvgIpc) is 3.04. The van der Waals surface area contributed by atoms with Crippen LogP contribution < -0.4 is 10.1 Å². The summed E-state index contributed by atoms with van der Waals surface area (Å²) in [6, 6.07) is 10.0. The number of para-hydroxylation sites is 1. The van der Waals surface area contributed by atoms with Crippen LogP contribution >= 0.6 is 0 Å². The number of nitro groups is 1. The normalized spacial score (nSPS) is 10.6. The molecule has 1 aromatic heterocycles. The zero-order valence-electron chi connectivity index (χ0n) is 16.1. The van der Waals surface area contributed by atoms with E-state index < -0.39 is 23.4 Å². The second kappa shape index (κ2) is 8.01. The van der Waals surface area contributed by atoms with Gasteiger partial charge in [0.05, 0.1) is 17.6 Å². The van der Waals surface area contributed by atoms with Crippen LogP contribution in [0.4, 0.5) is 11.4 Å². The molecule has 9 heteroatoms. The molecule has 0 saturated carbocycles. The molecular weight excluding hydrogens is 378 g/mol. The highest BCUT2D eigenvalue weighted by atomic mass is 16.6. The lowest BCUT2D eigenvalue weighted by molar-refractivity contribution is -0.385. The second-order valence-corrected chi connectivity index (χ2v) is 6.39. The topological polar surface area (TPSA) is 113 Å². The number of hydrogen-bond donors (Lipinski definition) is 1. The van der Waals surface area contributed by atoms with Crippen LogP contribution in [0.5, 0.6) is 5.75 Å². The van der Waals surface area contributed by atoms with Gasteiger partial charge >= 0.3 is 11.7 Å². The Kier molecular flexibility index (Phi) is 5.49. The number of amides is 1. The molecule has 1 amide bonds. The molecule has 3 rings (SSSR count). The molecular formula is C20H19N3O6. The predicted octanol–water partition coefficient (Wildman–Crippen LogP) is 3.20. The minimum Gasteiger partial charge on any atom is -0.490 e. The monoisotopic (exact) mass is 397 g/mol. The standard InChI is InChI=1S/C20H19N3O6/c1-12-8-17(23(26)27)18(28-3)9-15(12)21-19(24)11-29-20(25)14-10-22(2)16-7-5-4-6-13(14)16/h4-10H,11H2,1-3H3,(H,21,24). The minimum absolute atomic E-state index is 0.0173. The molecule has 0 saturated heterocycles. The molecule has 0 fully saturated rings. The summed E-state index contributed by atoms with van der Waals surface area (Å²) in [4.78, 5) is 35.1. The van der Waals surface area contributed by atoms with Crippen LogP contribution in [0.1, 0.15) is 15.9 Å². The lowest BCUT2D eigenvalue weighted by Crippen LogP contribution is -2.21. The van der Waals surface area contributed by atoms with Crippen LogP contribution in [0.25, 0.3) is 10.9 Å². The Morgan fingerprint density at radius 1 is 1.24 bits per heavy atom. The lowest BCUT2D eigenvalue weighted by atomic mass is 10.1. The third kappa shape index (κ3) is 4.03. The molecule has 0 bridgehead atoms. The summed E-state index contributed by atoms with van der Waals surface area (Å²) < 4.78 is 11.9. The quantitative estimate of drug-likeness (QED) is 0.388. The molecule has 0 spiro atoms. The van der Waals surface area contributed by atoms with E-state index in [0.717, 1.165) is 10.9 Å². The molecule has 0 aliphatic heterocycles. The van der Waals surface area contributed by atoms with E-state index in [0.29, 0.717) is 16.8 Å². The summed E-state index contributed by atoms with van der Waals surface area (Å²) in [5.41, 5.74) is 1.84. The number of aromatic nitrogens is 1. The van der Waals surface area contributed by atoms with E-state index in [1.54, 1.807) is 23.8 Å².